The van der Waals surface area contributed by atoms with Gasteiger partial charge in [-0.1, -0.05) is 6.07 Å². The molecule has 15 heteroatoms. The van der Waals surface area contributed by atoms with E-state index in [0.717, 1.165) is 57.0 Å². The molecule has 4 rings (SSSR count). The number of halogens is 6. The Morgan fingerprint density at radius 1 is 0.875 bits per heavy atom. The number of nitrogens with zero attached hydrogens (tertiary/aromatic N) is 4. The lowest BCUT2D eigenvalue weighted by Crippen LogP contribution is -2.51. The largest absolute Gasteiger partial charge is 0.490 e. The molecule has 4 heterocycles. The van der Waals surface area contributed by atoms with E-state index in [1.54, 1.807) is 12.4 Å². The number of pyridine rings is 2. The molecule has 0 unspecified atom stereocenters. The van der Waals surface area contributed by atoms with Crippen LogP contribution in [0.25, 0.3) is 0 Å². The Morgan fingerprint density at radius 3 is 1.93 bits per heavy atom. The predicted octanol–water partition coefficient (Wildman–Crippen LogP) is 4.57. The maximum absolute atomic E-state index is 12.8. The van der Waals surface area contributed by atoms with Crippen LogP contribution in [0.3, 0.4) is 0 Å². The molecule has 2 aromatic rings. The molecule has 1 spiro atoms. The lowest BCUT2D eigenvalue weighted by Gasteiger charge is -2.48. The first-order chi connectivity index (χ1) is 18.5. The summed E-state index contributed by atoms with van der Waals surface area (Å²) < 4.78 is 63.5. The minimum atomic E-state index is -5.08. The third-order valence-electron chi connectivity index (χ3n) is 6.36. The number of anilines is 1. The molecule has 0 bridgehead atoms. The SMILES string of the molecule is Cc1cccc(N2CCC3(CCCN(C(=O)c4cccnc4)C3)CC2)n1.O=C(O)C(F)(F)F.O=C(O)C(F)(F)F. The van der Waals surface area contributed by atoms with E-state index in [1.165, 1.54) is 6.42 Å². The number of aliphatic carboxylic acids is 2. The van der Waals surface area contributed by atoms with Crippen molar-refractivity contribution >= 4 is 23.7 Å². The molecule has 2 aliphatic heterocycles. The molecule has 2 aliphatic rings. The van der Waals surface area contributed by atoms with Crippen LogP contribution in [0.2, 0.25) is 0 Å². The van der Waals surface area contributed by atoms with Gasteiger partial charge in [-0.25, -0.2) is 14.6 Å². The summed E-state index contributed by atoms with van der Waals surface area (Å²) >= 11 is 0. The fourth-order valence-corrected chi connectivity index (χ4v) is 4.38. The number of hydrogen-bond acceptors (Lipinski definition) is 6. The third-order valence-corrected chi connectivity index (χ3v) is 6.36. The molecule has 0 aliphatic carbocycles. The van der Waals surface area contributed by atoms with Crippen molar-refractivity contribution in [3.05, 3.63) is 54.0 Å². The van der Waals surface area contributed by atoms with E-state index in [4.69, 9.17) is 19.8 Å². The Bertz CT molecular complexity index is 1130. The zero-order chi connectivity index (χ0) is 30.1. The summed E-state index contributed by atoms with van der Waals surface area (Å²) in [5, 5.41) is 14.2. The average Bonchev–Trinajstić information content (AvgIpc) is 2.89. The number of alkyl halides is 6. The Hall–Kier alpha value is -3.91. The number of carboxylic acid groups (broad SMARTS) is 2. The van der Waals surface area contributed by atoms with Crippen LogP contribution in [0, 0.1) is 12.3 Å². The number of aromatic nitrogens is 2. The standard InChI is InChI=1S/C21H26N4O.2C2HF3O2/c1-17-5-2-7-19(23-17)24-13-9-21(10-14-24)8-4-12-25(16-21)20(26)18-6-3-11-22-15-18;2*3-2(4,5)1(6)7/h2-3,5-7,11,15H,4,8-10,12-14,16H2,1H3;2*(H,6,7). The van der Waals surface area contributed by atoms with Crippen molar-refractivity contribution in [3.63, 3.8) is 0 Å². The van der Waals surface area contributed by atoms with Gasteiger partial charge in [-0.05, 0) is 62.3 Å². The highest BCUT2D eigenvalue weighted by atomic mass is 19.4. The highest BCUT2D eigenvalue weighted by Gasteiger charge is 2.40. The van der Waals surface area contributed by atoms with Gasteiger partial charge in [0.15, 0.2) is 0 Å². The number of aryl methyl sites for hydroxylation is 1. The first-order valence-corrected chi connectivity index (χ1v) is 12.0. The zero-order valence-electron chi connectivity index (χ0n) is 21.4. The second-order valence-electron chi connectivity index (χ2n) is 9.30. The number of carboxylic acids is 2. The number of carbonyl (C=O) groups excluding carboxylic acids is 1. The van der Waals surface area contributed by atoms with Crippen molar-refractivity contribution in [2.45, 2.75) is 45.0 Å². The summed E-state index contributed by atoms with van der Waals surface area (Å²) in [6.07, 6.45) is -2.22. The van der Waals surface area contributed by atoms with Crippen molar-refractivity contribution in [2.75, 3.05) is 31.1 Å². The average molecular weight is 579 g/mol. The number of likely N-dealkylation sites (tertiary alicyclic amines) is 1. The molecule has 220 valence electrons. The minimum absolute atomic E-state index is 0.125. The smallest absolute Gasteiger partial charge is 0.475 e. The number of rotatable bonds is 2. The van der Waals surface area contributed by atoms with Crippen molar-refractivity contribution in [1.82, 2.24) is 14.9 Å². The topological polar surface area (TPSA) is 124 Å². The first-order valence-electron chi connectivity index (χ1n) is 12.0. The van der Waals surface area contributed by atoms with Crippen LogP contribution in [0.4, 0.5) is 32.2 Å². The highest BCUT2D eigenvalue weighted by Crippen LogP contribution is 2.41. The molecule has 2 saturated heterocycles. The van der Waals surface area contributed by atoms with Crippen LogP contribution in [0.5, 0.6) is 0 Å². The third kappa shape index (κ3) is 9.68. The molecule has 1 amide bonds. The Kier molecular flexibility index (Phi) is 10.9. The second kappa shape index (κ2) is 13.4. The zero-order valence-corrected chi connectivity index (χ0v) is 21.4. The predicted molar refractivity (Wildman–Crippen MR) is 130 cm³/mol. The van der Waals surface area contributed by atoms with Crippen LogP contribution in [-0.2, 0) is 9.59 Å². The van der Waals surface area contributed by atoms with E-state index in [0.29, 0.717) is 5.56 Å². The molecule has 2 aromatic heterocycles. The van der Waals surface area contributed by atoms with E-state index < -0.39 is 24.3 Å². The Morgan fingerprint density at radius 2 is 1.45 bits per heavy atom. The Balaban J connectivity index is 0.000000333. The van der Waals surface area contributed by atoms with Crippen LogP contribution in [0.15, 0.2) is 42.7 Å². The lowest BCUT2D eigenvalue weighted by atomic mass is 9.72. The van der Waals surface area contributed by atoms with Crippen molar-refractivity contribution in [3.8, 4) is 0 Å². The van der Waals surface area contributed by atoms with Gasteiger partial charge in [0, 0.05) is 44.3 Å². The maximum atomic E-state index is 12.8. The van der Waals surface area contributed by atoms with Gasteiger partial charge in [0.05, 0.1) is 5.56 Å². The number of carbonyl (C=O) groups is 3. The van der Waals surface area contributed by atoms with E-state index >= 15 is 0 Å². The van der Waals surface area contributed by atoms with Gasteiger partial charge >= 0.3 is 24.3 Å². The lowest BCUT2D eigenvalue weighted by molar-refractivity contribution is -0.193. The number of amides is 1. The normalized spacial score (nSPS) is 16.7. The molecule has 2 fully saturated rings. The van der Waals surface area contributed by atoms with E-state index in [-0.39, 0.29) is 11.3 Å². The number of piperidine rings is 2. The van der Waals surface area contributed by atoms with Gasteiger partial charge in [-0.2, -0.15) is 26.3 Å². The molecule has 40 heavy (non-hydrogen) atoms. The number of hydrogen-bond donors (Lipinski definition) is 2. The van der Waals surface area contributed by atoms with Gasteiger partial charge in [0.1, 0.15) is 5.82 Å². The van der Waals surface area contributed by atoms with Crippen LogP contribution in [0.1, 0.15) is 41.7 Å². The summed E-state index contributed by atoms with van der Waals surface area (Å²) in [7, 11) is 0. The molecule has 0 atom stereocenters. The molecule has 0 aromatic carbocycles. The quantitative estimate of drug-likeness (QED) is 0.497. The summed E-state index contributed by atoms with van der Waals surface area (Å²) in [5.41, 5.74) is 2.02. The summed E-state index contributed by atoms with van der Waals surface area (Å²) in [5.74, 6) is -4.31. The van der Waals surface area contributed by atoms with Gasteiger partial charge in [-0.15, -0.1) is 0 Å². The fraction of sp³-hybridized carbons (Fsp3) is 0.480. The van der Waals surface area contributed by atoms with Gasteiger partial charge in [0.2, 0.25) is 0 Å². The monoisotopic (exact) mass is 578 g/mol. The summed E-state index contributed by atoms with van der Waals surface area (Å²) in [4.78, 5) is 43.8. The molecule has 2 N–H and O–H groups in total. The second-order valence-corrected chi connectivity index (χ2v) is 9.30. The summed E-state index contributed by atoms with van der Waals surface area (Å²) in [6, 6.07) is 9.92. The fourth-order valence-electron chi connectivity index (χ4n) is 4.38. The van der Waals surface area contributed by atoms with Gasteiger partial charge < -0.3 is 20.0 Å². The van der Waals surface area contributed by atoms with Crippen molar-refractivity contribution in [2.24, 2.45) is 5.41 Å². The first kappa shape index (κ1) is 32.3. The molecular weight excluding hydrogens is 550 g/mol. The van der Waals surface area contributed by atoms with Gasteiger partial charge in [-0.3, -0.25) is 9.78 Å². The Labute approximate surface area is 225 Å². The van der Waals surface area contributed by atoms with Crippen LogP contribution >= 0.6 is 0 Å². The van der Waals surface area contributed by atoms with Crippen molar-refractivity contribution in [1.29, 1.82) is 0 Å². The highest BCUT2D eigenvalue weighted by molar-refractivity contribution is 5.94. The molecule has 0 saturated carbocycles. The minimum Gasteiger partial charge on any atom is -0.475 e. The van der Waals surface area contributed by atoms with E-state index in [2.05, 4.69) is 27.0 Å². The molecule has 0 radical (unpaired) electrons. The van der Waals surface area contributed by atoms with E-state index in [1.807, 2.05) is 30.0 Å². The van der Waals surface area contributed by atoms with E-state index in [9.17, 15) is 31.1 Å². The molecular formula is C25H28F6N4O5. The van der Waals surface area contributed by atoms with Crippen molar-refractivity contribution < 1.29 is 50.9 Å². The maximum Gasteiger partial charge on any atom is 0.490 e. The molecule has 9 nitrogen and oxygen atoms in total. The summed E-state index contributed by atoms with van der Waals surface area (Å²) in [6.45, 7) is 5.81. The van der Waals surface area contributed by atoms with Crippen LogP contribution < -0.4 is 4.90 Å². The van der Waals surface area contributed by atoms with Gasteiger partial charge in [0.25, 0.3) is 5.91 Å². The van der Waals surface area contributed by atoms with Crippen LogP contribution in [-0.4, -0.2) is 81.5 Å².